The first-order valence-corrected chi connectivity index (χ1v) is 6.09. The maximum atomic E-state index is 5.38. The van der Waals surface area contributed by atoms with Gasteiger partial charge in [0.05, 0.1) is 3.79 Å². The summed E-state index contributed by atoms with van der Waals surface area (Å²) in [7, 11) is 0. The van der Waals surface area contributed by atoms with Crippen LogP contribution in [0.3, 0.4) is 0 Å². The van der Waals surface area contributed by atoms with Crippen LogP contribution in [0.25, 0.3) is 0 Å². The maximum absolute atomic E-state index is 5.38. The SMILES string of the molecule is NCCCNCCc1ccc(Br)s1. The Labute approximate surface area is 91.7 Å². The van der Waals surface area contributed by atoms with E-state index in [1.54, 1.807) is 11.3 Å². The van der Waals surface area contributed by atoms with Crippen molar-refractivity contribution in [2.45, 2.75) is 12.8 Å². The zero-order valence-corrected chi connectivity index (χ0v) is 9.96. The molecule has 1 aromatic rings. The first-order chi connectivity index (χ1) is 6.33. The molecule has 0 aliphatic rings. The Balaban J connectivity index is 2.06. The monoisotopic (exact) mass is 262 g/mol. The van der Waals surface area contributed by atoms with Gasteiger partial charge in [-0.05, 0) is 60.5 Å². The van der Waals surface area contributed by atoms with Crippen LogP contribution in [0.5, 0.6) is 0 Å². The van der Waals surface area contributed by atoms with Crippen molar-refractivity contribution >= 4 is 27.3 Å². The van der Waals surface area contributed by atoms with Gasteiger partial charge >= 0.3 is 0 Å². The number of nitrogens with one attached hydrogen (secondary N) is 1. The quantitative estimate of drug-likeness (QED) is 0.770. The Bertz CT molecular complexity index is 237. The van der Waals surface area contributed by atoms with Gasteiger partial charge in [0.25, 0.3) is 0 Å². The number of hydrogen-bond acceptors (Lipinski definition) is 3. The summed E-state index contributed by atoms with van der Waals surface area (Å²) in [6.07, 6.45) is 2.18. The highest BCUT2D eigenvalue weighted by molar-refractivity contribution is 9.11. The first-order valence-electron chi connectivity index (χ1n) is 4.48. The van der Waals surface area contributed by atoms with Crippen molar-refractivity contribution in [2.24, 2.45) is 5.73 Å². The van der Waals surface area contributed by atoms with Crippen molar-refractivity contribution in [2.75, 3.05) is 19.6 Å². The smallest absolute Gasteiger partial charge is 0.0701 e. The summed E-state index contributed by atoms with van der Waals surface area (Å²) in [5.74, 6) is 0. The molecule has 0 saturated carbocycles. The van der Waals surface area contributed by atoms with Crippen LogP contribution in [-0.2, 0) is 6.42 Å². The van der Waals surface area contributed by atoms with Crippen LogP contribution in [0.15, 0.2) is 15.9 Å². The lowest BCUT2D eigenvalue weighted by molar-refractivity contribution is 0.655. The third-order valence-electron chi connectivity index (χ3n) is 1.73. The second kappa shape index (κ2) is 6.54. The van der Waals surface area contributed by atoms with Crippen molar-refractivity contribution in [3.8, 4) is 0 Å². The molecular formula is C9H15BrN2S. The van der Waals surface area contributed by atoms with E-state index in [2.05, 4.69) is 33.4 Å². The third-order valence-corrected chi connectivity index (χ3v) is 3.42. The van der Waals surface area contributed by atoms with E-state index in [4.69, 9.17) is 5.73 Å². The van der Waals surface area contributed by atoms with E-state index in [0.717, 1.165) is 32.5 Å². The normalized spacial score (nSPS) is 10.6. The molecule has 0 atom stereocenters. The van der Waals surface area contributed by atoms with Crippen LogP contribution in [-0.4, -0.2) is 19.6 Å². The van der Waals surface area contributed by atoms with Crippen LogP contribution in [0.2, 0.25) is 0 Å². The zero-order chi connectivity index (χ0) is 9.52. The van der Waals surface area contributed by atoms with Crippen molar-refractivity contribution in [1.82, 2.24) is 5.32 Å². The predicted octanol–water partition coefficient (Wildman–Crippen LogP) is 1.99. The van der Waals surface area contributed by atoms with Crippen LogP contribution in [0.4, 0.5) is 0 Å². The molecule has 1 heterocycles. The van der Waals surface area contributed by atoms with Gasteiger partial charge in [0.2, 0.25) is 0 Å². The molecule has 0 unspecified atom stereocenters. The molecule has 13 heavy (non-hydrogen) atoms. The fraction of sp³-hybridized carbons (Fsp3) is 0.556. The van der Waals surface area contributed by atoms with Crippen molar-refractivity contribution < 1.29 is 0 Å². The lowest BCUT2D eigenvalue weighted by Gasteiger charge is -2.01. The summed E-state index contributed by atoms with van der Waals surface area (Å²) in [5, 5.41) is 3.36. The number of hydrogen-bond donors (Lipinski definition) is 2. The number of halogens is 1. The van der Waals surface area contributed by atoms with E-state index in [-0.39, 0.29) is 0 Å². The fourth-order valence-electron chi connectivity index (χ4n) is 1.05. The Morgan fingerprint density at radius 1 is 1.38 bits per heavy atom. The molecule has 0 aromatic carbocycles. The zero-order valence-electron chi connectivity index (χ0n) is 7.55. The van der Waals surface area contributed by atoms with Gasteiger partial charge in [-0.3, -0.25) is 0 Å². The third kappa shape index (κ3) is 4.76. The average molecular weight is 263 g/mol. The molecule has 0 bridgehead atoms. The molecule has 0 radical (unpaired) electrons. The van der Waals surface area contributed by atoms with Crippen molar-refractivity contribution in [3.05, 3.63) is 20.8 Å². The fourth-order valence-corrected chi connectivity index (χ4v) is 2.53. The first kappa shape index (κ1) is 11.2. The van der Waals surface area contributed by atoms with Gasteiger partial charge < -0.3 is 11.1 Å². The molecular weight excluding hydrogens is 248 g/mol. The maximum Gasteiger partial charge on any atom is 0.0701 e. The summed E-state index contributed by atoms with van der Waals surface area (Å²) in [5.41, 5.74) is 5.38. The summed E-state index contributed by atoms with van der Waals surface area (Å²) < 4.78 is 1.21. The van der Waals surface area contributed by atoms with E-state index in [1.165, 1.54) is 8.66 Å². The molecule has 0 aliphatic carbocycles. The van der Waals surface area contributed by atoms with Crippen LogP contribution >= 0.6 is 27.3 Å². The van der Waals surface area contributed by atoms with Crippen LogP contribution in [0, 0.1) is 0 Å². The molecule has 0 amide bonds. The average Bonchev–Trinajstić information content (AvgIpc) is 2.51. The van der Waals surface area contributed by atoms with E-state index >= 15 is 0 Å². The van der Waals surface area contributed by atoms with Crippen molar-refractivity contribution in [1.29, 1.82) is 0 Å². The second-order valence-corrected chi connectivity index (χ2v) is 5.40. The number of rotatable bonds is 6. The van der Waals surface area contributed by atoms with Gasteiger partial charge in [0.1, 0.15) is 0 Å². The summed E-state index contributed by atoms with van der Waals surface area (Å²) in [4.78, 5) is 1.42. The number of nitrogens with two attached hydrogens (primary N) is 1. The summed E-state index contributed by atoms with van der Waals surface area (Å²) in [6, 6.07) is 4.26. The van der Waals surface area contributed by atoms with Gasteiger partial charge in [0, 0.05) is 4.88 Å². The standard InChI is InChI=1S/C9H15BrN2S/c10-9-3-2-8(13-9)4-7-12-6-1-5-11/h2-3,12H,1,4-7,11H2. The molecule has 0 fully saturated rings. The Hall–Kier alpha value is 0.1000. The molecule has 0 spiro atoms. The van der Waals surface area contributed by atoms with Gasteiger partial charge in [-0.25, -0.2) is 0 Å². The van der Waals surface area contributed by atoms with Crippen molar-refractivity contribution in [3.63, 3.8) is 0 Å². The minimum absolute atomic E-state index is 0.775. The van der Waals surface area contributed by atoms with E-state index in [0.29, 0.717) is 0 Å². The molecule has 2 nitrogen and oxygen atoms in total. The van der Waals surface area contributed by atoms with E-state index < -0.39 is 0 Å². The largest absolute Gasteiger partial charge is 0.330 e. The highest BCUT2D eigenvalue weighted by atomic mass is 79.9. The van der Waals surface area contributed by atoms with Crippen LogP contribution in [0.1, 0.15) is 11.3 Å². The minimum Gasteiger partial charge on any atom is -0.330 e. The predicted molar refractivity (Wildman–Crippen MR) is 62.3 cm³/mol. The highest BCUT2D eigenvalue weighted by Gasteiger charge is 1.96. The van der Waals surface area contributed by atoms with Gasteiger partial charge in [-0.2, -0.15) is 0 Å². The molecule has 0 aliphatic heterocycles. The molecule has 1 rings (SSSR count). The van der Waals surface area contributed by atoms with Gasteiger partial charge in [-0.15, -0.1) is 11.3 Å². The number of thiophene rings is 1. The molecule has 1 aromatic heterocycles. The van der Waals surface area contributed by atoms with Crippen LogP contribution < -0.4 is 11.1 Å². The molecule has 3 N–H and O–H groups in total. The Morgan fingerprint density at radius 2 is 2.23 bits per heavy atom. The van der Waals surface area contributed by atoms with E-state index in [9.17, 15) is 0 Å². The minimum atomic E-state index is 0.775. The van der Waals surface area contributed by atoms with Gasteiger partial charge in [-0.1, -0.05) is 0 Å². The Morgan fingerprint density at radius 3 is 2.85 bits per heavy atom. The molecule has 0 saturated heterocycles. The summed E-state index contributed by atoms with van der Waals surface area (Å²) >= 11 is 5.25. The molecule has 74 valence electrons. The highest BCUT2D eigenvalue weighted by Crippen LogP contribution is 2.21. The van der Waals surface area contributed by atoms with Gasteiger partial charge in [0.15, 0.2) is 0 Å². The second-order valence-electron chi connectivity index (χ2n) is 2.85. The molecule has 4 heteroatoms. The van der Waals surface area contributed by atoms with E-state index in [1.807, 2.05) is 0 Å². The lowest BCUT2D eigenvalue weighted by Crippen LogP contribution is -2.20. The topological polar surface area (TPSA) is 38.0 Å². The lowest BCUT2D eigenvalue weighted by atomic mass is 10.3. The summed E-state index contributed by atoms with van der Waals surface area (Å²) in [6.45, 7) is 2.85. The Kier molecular flexibility index (Phi) is 5.62.